The summed E-state index contributed by atoms with van der Waals surface area (Å²) in [5.74, 6) is -1.64. The summed E-state index contributed by atoms with van der Waals surface area (Å²) in [4.78, 5) is 42.3. The smallest absolute Gasteiger partial charge is 0.246 e. The third-order valence-electron chi connectivity index (χ3n) is 7.39. The van der Waals surface area contributed by atoms with Crippen LogP contribution in [0.2, 0.25) is 0 Å². The number of nitrogens with zero attached hydrogens (tertiary/aromatic N) is 1. The number of hydrogen-bond acceptors (Lipinski definition) is 5. The molecule has 5 atom stereocenters. The number of ether oxygens (including phenoxy) is 1. The molecule has 3 rings (SSSR count). The van der Waals surface area contributed by atoms with Crippen LogP contribution in [0.1, 0.15) is 86.5 Å². The molecule has 0 aromatic carbocycles. The first-order valence-electron chi connectivity index (χ1n) is 13.1. The highest BCUT2D eigenvalue weighted by Crippen LogP contribution is 2.58. The van der Waals surface area contributed by atoms with Crippen LogP contribution in [0.25, 0.3) is 0 Å². The molecule has 8 heteroatoms. The molecule has 3 fully saturated rings. The first-order valence-corrected chi connectivity index (χ1v) is 13.1. The number of amides is 3. The number of nitrogens with one attached hydrogen (secondary N) is 2. The minimum Gasteiger partial charge on any atom is -0.396 e. The monoisotopic (exact) mass is 479 g/mol. The number of aliphatic hydroxyl groups excluding tert-OH is 1. The maximum absolute atomic E-state index is 13.8. The van der Waals surface area contributed by atoms with Crippen molar-refractivity contribution in [3.63, 3.8) is 0 Å². The van der Waals surface area contributed by atoms with E-state index in [-0.39, 0.29) is 35.8 Å². The summed E-state index contributed by atoms with van der Waals surface area (Å²) in [6, 6.07) is -0.743. The molecule has 3 amide bonds. The number of aliphatic hydroxyl groups is 1. The Morgan fingerprint density at radius 2 is 1.85 bits per heavy atom. The second-order valence-electron chi connectivity index (χ2n) is 12.3. The summed E-state index contributed by atoms with van der Waals surface area (Å²) in [6.07, 6.45) is 4.69. The quantitative estimate of drug-likeness (QED) is 0.394. The molecule has 1 spiro atoms. The van der Waals surface area contributed by atoms with Crippen molar-refractivity contribution >= 4 is 17.7 Å². The molecule has 3 N–H and O–H groups in total. The topological polar surface area (TPSA) is 108 Å². The standard InChI is InChI=1S/C26H45N3O5/c1-7-13-27-21(31)18-17-11-12-26(34-17)19(18)23(33)29(14-9-8-10-15-30)20(26)22(32)28-25(5,6)16-24(2,3)4/h17-20,30H,7-16H2,1-6H3,(H,27,31)(H,28,32)/t17-,18+,19+,20?,26?/m1/s1. The first-order chi connectivity index (χ1) is 15.9. The van der Waals surface area contributed by atoms with Crippen molar-refractivity contribution in [2.24, 2.45) is 17.3 Å². The molecule has 2 bridgehead atoms. The molecule has 34 heavy (non-hydrogen) atoms. The normalized spacial score (nSPS) is 30.6. The number of likely N-dealkylation sites (tertiary alicyclic amines) is 1. The Balaban J connectivity index is 1.89. The average Bonchev–Trinajstić information content (AvgIpc) is 3.34. The third-order valence-corrected chi connectivity index (χ3v) is 7.39. The van der Waals surface area contributed by atoms with Crippen molar-refractivity contribution in [1.82, 2.24) is 15.5 Å². The van der Waals surface area contributed by atoms with E-state index in [9.17, 15) is 14.4 Å². The van der Waals surface area contributed by atoms with Crippen molar-refractivity contribution in [2.75, 3.05) is 19.7 Å². The predicted molar refractivity (Wildman–Crippen MR) is 130 cm³/mol. The Bertz CT molecular complexity index is 777. The largest absolute Gasteiger partial charge is 0.396 e. The van der Waals surface area contributed by atoms with Gasteiger partial charge in [-0.25, -0.2) is 0 Å². The van der Waals surface area contributed by atoms with Crippen LogP contribution in [0, 0.1) is 17.3 Å². The predicted octanol–water partition coefficient (Wildman–Crippen LogP) is 2.38. The van der Waals surface area contributed by atoms with Gasteiger partial charge in [0.25, 0.3) is 0 Å². The van der Waals surface area contributed by atoms with Crippen LogP contribution >= 0.6 is 0 Å². The fourth-order valence-corrected chi connectivity index (χ4v) is 6.70. The second kappa shape index (κ2) is 10.1. The van der Waals surface area contributed by atoms with Gasteiger partial charge in [-0.2, -0.15) is 0 Å². The molecule has 3 saturated heterocycles. The SMILES string of the molecule is CCCNC(=O)[C@@H]1[C@H]2C(=O)N(CCCCCO)C(C(=O)NC(C)(C)CC(C)(C)C)C23CC[C@H]1O3. The van der Waals surface area contributed by atoms with Crippen LogP contribution in [0.5, 0.6) is 0 Å². The number of fused-ring (bicyclic) bond motifs is 1. The van der Waals surface area contributed by atoms with Gasteiger partial charge in [0, 0.05) is 25.2 Å². The van der Waals surface area contributed by atoms with Crippen molar-refractivity contribution < 1.29 is 24.2 Å². The molecule has 0 radical (unpaired) electrons. The van der Waals surface area contributed by atoms with E-state index >= 15 is 0 Å². The van der Waals surface area contributed by atoms with E-state index in [2.05, 4.69) is 31.4 Å². The molecule has 3 heterocycles. The Morgan fingerprint density at radius 1 is 1.15 bits per heavy atom. The van der Waals surface area contributed by atoms with Crippen molar-refractivity contribution in [3.05, 3.63) is 0 Å². The van der Waals surface area contributed by atoms with E-state index < -0.39 is 29.0 Å². The Labute approximate surface area is 204 Å². The van der Waals surface area contributed by atoms with Gasteiger partial charge in [-0.1, -0.05) is 27.7 Å². The summed E-state index contributed by atoms with van der Waals surface area (Å²) in [6.45, 7) is 13.5. The van der Waals surface area contributed by atoms with Crippen molar-refractivity contribution in [1.29, 1.82) is 0 Å². The highest BCUT2D eigenvalue weighted by molar-refractivity contribution is 5.99. The molecule has 8 nitrogen and oxygen atoms in total. The third kappa shape index (κ3) is 5.27. The van der Waals surface area contributed by atoms with Crippen LogP contribution < -0.4 is 10.6 Å². The van der Waals surface area contributed by atoms with E-state index in [1.807, 2.05) is 20.8 Å². The van der Waals surface area contributed by atoms with Gasteiger partial charge in [0.1, 0.15) is 11.6 Å². The van der Waals surface area contributed by atoms with Crippen LogP contribution in [0.15, 0.2) is 0 Å². The number of rotatable bonds is 11. The van der Waals surface area contributed by atoms with E-state index in [1.54, 1.807) is 4.90 Å². The minimum atomic E-state index is -0.950. The second-order valence-corrected chi connectivity index (χ2v) is 12.3. The van der Waals surface area contributed by atoms with E-state index in [4.69, 9.17) is 9.84 Å². The Kier molecular flexibility index (Phi) is 8.03. The molecule has 3 aliphatic rings. The van der Waals surface area contributed by atoms with Gasteiger partial charge in [-0.3, -0.25) is 14.4 Å². The van der Waals surface area contributed by atoms with E-state index in [0.29, 0.717) is 38.8 Å². The van der Waals surface area contributed by atoms with Crippen LogP contribution in [-0.4, -0.2) is 70.7 Å². The summed E-state index contributed by atoms with van der Waals surface area (Å²) < 4.78 is 6.45. The van der Waals surface area contributed by atoms with Gasteiger partial charge in [0.2, 0.25) is 17.7 Å². The molecule has 0 saturated carbocycles. The molecular formula is C26H45N3O5. The minimum absolute atomic E-state index is 0.0256. The number of carbonyl (C=O) groups excluding carboxylic acids is 3. The maximum Gasteiger partial charge on any atom is 0.246 e. The van der Waals surface area contributed by atoms with E-state index in [1.165, 1.54) is 0 Å². The fraction of sp³-hybridized carbons (Fsp3) is 0.885. The molecule has 3 aliphatic heterocycles. The average molecular weight is 480 g/mol. The van der Waals surface area contributed by atoms with Crippen molar-refractivity contribution in [3.8, 4) is 0 Å². The molecule has 0 aromatic heterocycles. The highest BCUT2D eigenvalue weighted by Gasteiger charge is 2.74. The molecule has 0 aliphatic carbocycles. The van der Waals surface area contributed by atoms with Gasteiger partial charge in [0.15, 0.2) is 0 Å². The fourth-order valence-electron chi connectivity index (χ4n) is 6.70. The lowest BCUT2D eigenvalue weighted by molar-refractivity contribution is -0.143. The lowest BCUT2D eigenvalue weighted by atomic mass is 9.70. The number of unbranched alkanes of at least 4 members (excludes halogenated alkanes) is 2. The number of carbonyl (C=O) groups is 3. The summed E-state index contributed by atoms with van der Waals surface area (Å²) in [5, 5.41) is 15.3. The van der Waals surface area contributed by atoms with Crippen molar-refractivity contribution in [2.45, 2.75) is 110 Å². The van der Waals surface area contributed by atoms with Crippen LogP contribution in [0.4, 0.5) is 0 Å². The zero-order chi connectivity index (χ0) is 25.3. The summed E-state index contributed by atoms with van der Waals surface area (Å²) in [5.41, 5.74) is -1.38. The molecular weight excluding hydrogens is 434 g/mol. The van der Waals surface area contributed by atoms with Gasteiger partial charge in [0.05, 0.1) is 17.9 Å². The lowest BCUT2D eigenvalue weighted by Crippen LogP contribution is -2.59. The van der Waals surface area contributed by atoms with Gasteiger partial charge >= 0.3 is 0 Å². The van der Waals surface area contributed by atoms with E-state index in [0.717, 1.165) is 19.3 Å². The molecule has 0 aromatic rings. The zero-order valence-electron chi connectivity index (χ0n) is 21.9. The highest BCUT2D eigenvalue weighted by atomic mass is 16.5. The molecule has 194 valence electrons. The van der Waals surface area contributed by atoms with Gasteiger partial charge < -0.3 is 25.4 Å². The van der Waals surface area contributed by atoms with Crippen LogP contribution in [-0.2, 0) is 19.1 Å². The van der Waals surface area contributed by atoms with Crippen LogP contribution in [0.3, 0.4) is 0 Å². The number of hydrogen-bond donors (Lipinski definition) is 3. The Hall–Kier alpha value is -1.67. The maximum atomic E-state index is 13.8. The first kappa shape index (κ1) is 26.9. The summed E-state index contributed by atoms with van der Waals surface area (Å²) in [7, 11) is 0. The van der Waals surface area contributed by atoms with Gasteiger partial charge in [-0.15, -0.1) is 0 Å². The lowest BCUT2D eigenvalue weighted by Gasteiger charge is -2.38. The van der Waals surface area contributed by atoms with Gasteiger partial charge in [-0.05, 0) is 64.2 Å². The zero-order valence-corrected chi connectivity index (χ0v) is 21.9. The molecule has 2 unspecified atom stereocenters. The summed E-state index contributed by atoms with van der Waals surface area (Å²) >= 11 is 0. The Morgan fingerprint density at radius 3 is 2.47 bits per heavy atom.